The summed E-state index contributed by atoms with van der Waals surface area (Å²) in [7, 11) is 0. The number of benzene rings is 4. The zero-order chi connectivity index (χ0) is 23.8. The zero-order valence-electron chi connectivity index (χ0n) is 18.8. The van der Waals surface area contributed by atoms with E-state index < -0.39 is 12.1 Å². The first-order chi connectivity index (χ1) is 16.5. The Hall–Kier alpha value is -3.10. The summed E-state index contributed by atoms with van der Waals surface area (Å²) in [5.74, 6) is 0.718. The predicted molar refractivity (Wildman–Crippen MR) is 127 cm³/mol. The third-order valence-electron chi connectivity index (χ3n) is 5.00. The van der Waals surface area contributed by atoms with E-state index in [0.29, 0.717) is 11.5 Å². The van der Waals surface area contributed by atoms with Crippen molar-refractivity contribution in [2.75, 3.05) is 19.8 Å². The molecule has 4 rings (SSSR count). The average Bonchev–Trinajstić information content (AvgIpc) is 2.87. The van der Waals surface area contributed by atoms with Gasteiger partial charge in [0.25, 0.3) is 0 Å². The van der Waals surface area contributed by atoms with Gasteiger partial charge in [-0.05, 0) is 22.9 Å². The molecule has 1 unspecified atom stereocenters. The molecule has 0 aliphatic rings. The van der Waals surface area contributed by atoms with E-state index >= 15 is 0 Å². The number of aryl methyl sites for hydroxylation is 1. The number of esters is 1. The number of rotatable bonds is 10. The molecule has 1 N–H and O–H groups in total. The monoisotopic (exact) mass is 569 g/mol. The van der Waals surface area contributed by atoms with Crippen LogP contribution < -0.4 is 30.7 Å². The van der Waals surface area contributed by atoms with Gasteiger partial charge in [0, 0.05) is 0 Å². The Morgan fingerprint density at radius 3 is 2.18 bits per heavy atom. The van der Waals surface area contributed by atoms with E-state index in [1.807, 2.05) is 66.7 Å². The van der Waals surface area contributed by atoms with E-state index in [4.69, 9.17) is 14.2 Å². The maximum atomic E-state index is 12.0. The number of hydrogen-bond donors (Lipinski definition) is 1. The van der Waals surface area contributed by atoms with Crippen molar-refractivity contribution in [1.29, 1.82) is 0 Å². The van der Waals surface area contributed by atoms with E-state index in [1.165, 1.54) is 12.7 Å². The predicted octanol–water partition coefficient (Wildman–Crippen LogP) is 1.64. The van der Waals surface area contributed by atoms with Crippen LogP contribution in [0, 0.1) is 14.1 Å². The van der Waals surface area contributed by atoms with Gasteiger partial charge in [0.2, 0.25) is 0 Å². The minimum atomic E-state index is -0.930. The molecule has 176 valence electrons. The van der Waals surface area contributed by atoms with Crippen LogP contribution in [-0.4, -0.2) is 37.0 Å². The molecular weight excluding hydrogens is 543 g/mol. The van der Waals surface area contributed by atoms with Crippen LogP contribution in [0.4, 0.5) is 0 Å². The first kappa shape index (κ1) is 24.0. The SMILES string of the molecule is Cc1ccc([I-]c2ccc(OCC(=O)OCC(O)COc3ccc4ccccc4c3)cc2)cc1. The molecule has 0 spiro atoms. The van der Waals surface area contributed by atoms with Gasteiger partial charge in [0.05, 0.1) is 0 Å². The summed E-state index contributed by atoms with van der Waals surface area (Å²) < 4.78 is 18.9. The Labute approximate surface area is 209 Å². The van der Waals surface area contributed by atoms with E-state index in [-0.39, 0.29) is 41.0 Å². The number of carbonyl (C=O) groups is 1. The van der Waals surface area contributed by atoms with Crippen LogP contribution in [-0.2, 0) is 9.53 Å². The Balaban J connectivity index is 1.16. The molecule has 0 aromatic heterocycles. The number of halogens is 1. The van der Waals surface area contributed by atoms with Crippen LogP contribution in [0.2, 0.25) is 0 Å². The second-order valence-corrected chi connectivity index (χ2v) is 10.8. The Kier molecular flexibility index (Phi) is 8.38. The zero-order valence-corrected chi connectivity index (χ0v) is 21.0. The molecule has 0 saturated carbocycles. The number of aliphatic hydroxyl groups excluding tert-OH is 1. The standard InChI is InChI=1S/C28H26IO5/c1-20-6-9-23(10-7-20)29-24-11-14-26(15-12-24)33-19-28(31)34-18-25(30)17-32-27-13-8-21-4-2-3-5-22(21)16-27/h2-16,25,30H,17-19H2,1H3/q-1. The van der Waals surface area contributed by atoms with E-state index in [0.717, 1.165) is 10.8 Å². The van der Waals surface area contributed by atoms with Crippen molar-refractivity contribution in [2.45, 2.75) is 13.0 Å². The molecule has 0 aliphatic carbocycles. The normalized spacial score (nSPS) is 11.8. The summed E-state index contributed by atoms with van der Waals surface area (Å²) in [5, 5.41) is 12.3. The van der Waals surface area contributed by atoms with Crippen LogP contribution in [0.3, 0.4) is 0 Å². The second kappa shape index (κ2) is 11.9. The van der Waals surface area contributed by atoms with Crippen molar-refractivity contribution in [2.24, 2.45) is 0 Å². The van der Waals surface area contributed by atoms with Crippen LogP contribution in [0.15, 0.2) is 91.0 Å². The van der Waals surface area contributed by atoms with Gasteiger partial charge < -0.3 is 0 Å². The number of fused-ring (bicyclic) bond motifs is 1. The van der Waals surface area contributed by atoms with Gasteiger partial charge in [-0.25, -0.2) is 0 Å². The molecule has 0 radical (unpaired) electrons. The van der Waals surface area contributed by atoms with E-state index in [9.17, 15) is 9.90 Å². The molecule has 0 fully saturated rings. The fourth-order valence-electron chi connectivity index (χ4n) is 3.19. The molecule has 4 aromatic rings. The van der Waals surface area contributed by atoms with Gasteiger partial charge in [-0.15, -0.1) is 0 Å². The molecule has 0 saturated heterocycles. The minimum absolute atomic E-state index is 0.0258. The van der Waals surface area contributed by atoms with Gasteiger partial charge >= 0.3 is 151 Å². The third-order valence-corrected chi connectivity index (χ3v) is 7.68. The fraction of sp³-hybridized carbons (Fsp3) is 0.179. The number of aliphatic hydroxyl groups is 1. The van der Waals surface area contributed by atoms with Gasteiger partial charge in [-0.2, -0.15) is 0 Å². The Bertz CT molecular complexity index is 1220. The van der Waals surface area contributed by atoms with Gasteiger partial charge in [-0.1, -0.05) is 30.3 Å². The van der Waals surface area contributed by atoms with E-state index in [2.05, 4.69) is 31.2 Å². The first-order valence-corrected chi connectivity index (χ1v) is 13.1. The first-order valence-electron chi connectivity index (χ1n) is 10.9. The molecular formula is C28H26IO5-. The van der Waals surface area contributed by atoms with Crippen molar-refractivity contribution in [3.05, 3.63) is 104 Å². The van der Waals surface area contributed by atoms with Crippen molar-refractivity contribution >= 4 is 16.7 Å². The van der Waals surface area contributed by atoms with Crippen LogP contribution in [0.25, 0.3) is 10.8 Å². The summed E-state index contributed by atoms with van der Waals surface area (Å²) in [6, 6.07) is 30.1. The number of ether oxygens (including phenoxy) is 3. The maximum absolute atomic E-state index is 12.0. The van der Waals surface area contributed by atoms with Crippen LogP contribution >= 0.6 is 0 Å². The van der Waals surface area contributed by atoms with Crippen molar-refractivity contribution < 1.29 is 45.3 Å². The van der Waals surface area contributed by atoms with Gasteiger partial charge in [0.15, 0.2) is 0 Å². The average molecular weight is 569 g/mol. The van der Waals surface area contributed by atoms with Crippen molar-refractivity contribution in [3.63, 3.8) is 0 Å². The Morgan fingerprint density at radius 2 is 1.44 bits per heavy atom. The molecule has 5 nitrogen and oxygen atoms in total. The quantitative estimate of drug-likeness (QED) is 0.233. The van der Waals surface area contributed by atoms with Crippen molar-refractivity contribution in [1.82, 2.24) is 0 Å². The molecule has 0 bridgehead atoms. The second-order valence-electron chi connectivity index (χ2n) is 7.79. The molecule has 0 amide bonds. The third kappa shape index (κ3) is 7.20. The van der Waals surface area contributed by atoms with Crippen LogP contribution in [0.1, 0.15) is 5.56 Å². The van der Waals surface area contributed by atoms with Crippen LogP contribution in [0.5, 0.6) is 11.5 Å². The van der Waals surface area contributed by atoms with Gasteiger partial charge in [0.1, 0.15) is 5.75 Å². The number of carbonyl (C=O) groups excluding carboxylic acids is 1. The molecule has 34 heavy (non-hydrogen) atoms. The molecule has 1 atom stereocenters. The Morgan fingerprint density at radius 1 is 0.794 bits per heavy atom. The molecule has 6 heteroatoms. The summed E-state index contributed by atoms with van der Waals surface area (Å²) in [5.41, 5.74) is 1.26. The number of hydrogen-bond acceptors (Lipinski definition) is 5. The summed E-state index contributed by atoms with van der Waals surface area (Å²) in [6.45, 7) is 1.73. The van der Waals surface area contributed by atoms with Crippen molar-refractivity contribution in [3.8, 4) is 11.5 Å². The summed E-state index contributed by atoms with van der Waals surface area (Å²) in [6.07, 6.45) is -0.930. The summed E-state index contributed by atoms with van der Waals surface area (Å²) >= 11 is -0.250. The van der Waals surface area contributed by atoms with E-state index in [1.54, 1.807) is 0 Å². The molecule has 4 aromatic carbocycles. The molecule has 0 heterocycles. The fourth-order valence-corrected chi connectivity index (χ4v) is 5.34. The van der Waals surface area contributed by atoms with Gasteiger partial charge in [-0.3, -0.25) is 0 Å². The topological polar surface area (TPSA) is 65.0 Å². The molecule has 0 aliphatic heterocycles. The summed E-state index contributed by atoms with van der Waals surface area (Å²) in [4.78, 5) is 12.0.